The van der Waals surface area contributed by atoms with Crippen LogP contribution < -0.4 is 5.32 Å². The molecule has 1 atom stereocenters. The van der Waals surface area contributed by atoms with Crippen molar-refractivity contribution in [3.63, 3.8) is 0 Å². The SMILES string of the molecule is CCCNC(C)c1ccnc(-n2nc(C)cc2C)c1. The summed E-state index contributed by atoms with van der Waals surface area (Å²) in [4.78, 5) is 4.42. The zero-order valence-corrected chi connectivity index (χ0v) is 12.1. The Morgan fingerprint density at radius 3 is 2.74 bits per heavy atom. The van der Waals surface area contributed by atoms with Gasteiger partial charge < -0.3 is 5.32 Å². The van der Waals surface area contributed by atoms with E-state index >= 15 is 0 Å². The molecule has 0 aliphatic heterocycles. The molecule has 0 bridgehead atoms. The molecule has 19 heavy (non-hydrogen) atoms. The summed E-state index contributed by atoms with van der Waals surface area (Å²) in [6.07, 6.45) is 2.99. The lowest BCUT2D eigenvalue weighted by Crippen LogP contribution is -2.19. The van der Waals surface area contributed by atoms with Gasteiger partial charge in [-0.1, -0.05) is 6.92 Å². The van der Waals surface area contributed by atoms with Crippen molar-refractivity contribution in [2.45, 2.75) is 40.2 Å². The zero-order valence-electron chi connectivity index (χ0n) is 12.1. The van der Waals surface area contributed by atoms with E-state index in [9.17, 15) is 0 Å². The number of nitrogens with one attached hydrogen (secondary N) is 1. The lowest BCUT2D eigenvalue weighted by Gasteiger charge is -2.14. The molecule has 4 heteroatoms. The molecule has 2 heterocycles. The van der Waals surface area contributed by atoms with Crippen molar-refractivity contribution in [2.75, 3.05) is 6.54 Å². The summed E-state index contributed by atoms with van der Waals surface area (Å²) in [6, 6.07) is 6.56. The summed E-state index contributed by atoms with van der Waals surface area (Å²) in [5.74, 6) is 0.883. The van der Waals surface area contributed by atoms with Gasteiger partial charge >= 0.3 is 0 Å². The predicted octanol–water partition coefficient (Wildman–Crippen LogP) is 2.94. The maximum Gasteiger partial charge on any atom is 0.153 e. The molecule has 0 saturated carbocycles. The summed E-state index contributed by atoms with van der Waals surface area (Å²) in [5.41, 5.74) is 3.36. The third-order valence-corrected chi connectivity index (χ3v) is 3.20. The molecule has 0 aromatic carbocycles. The number of aryl methyl sites for hydroxylation is 2. The molecular weight excluding hydrogens is 236 g/mol. The van der Waals surface area contributed by atoms with E-state index in [0.717, 1.165) is 30.2 Å². The molecule has 0 spiro atoms. The predicted molar refractivity (Wildman–Crippen MR) is 77.5 cm³/mol. The maximum atomic E-state index is 4.48. The van der Waals surface area contributed by atoms with E-state index in [1.807, 2.05) is 24.7 Å². The smallest absolute Gasteiger partial charge is 0.153 e. The Balaban J connectivity index is 2.26. The molecule has 1 unspecified atom stereocenters. The standard InChI is InChI=1S/C15H22N4/c1-5-7-16-13(4)14-6-8-17-15(10-14)19-12(3)9-11(2)18-19/h6,8-10,13,16H,5,7H2,1-4H3. The third kappa shape index (κ3) is 3.20. The van der Waals surface area contributed by atoms with Crippen LogP contribution in [0.1, 0.15) is 43.3 Å². The number of rotatable bonds is 5. The first-order valence-corrected chi connectivity index (χ1v) is 6.84. The van der Waals surface area contributed by atoms with Gasteiger partial charge in [0.15, 0.2) is 5.82 Å². The average Bonchev–Trinajstić information content (AvgIpc) is 2.75. The van der Waals surface area contributed by atoms with Gasteiger partial charge in [0.25, 0.3) is 0 Å². The van der Waals surface area contributed by atoms with Crippen molar-refractivity contribution in [3.8, 4) is 5.82 Å². The Morgan fingerprint density at radius 1 is 1.32 bits per heavy atom. The van der Waals surface area contributed by atoms with E-state index < -0.39 is 0 Å². The van der Waals surface area contributed by atoms with Crippen LogP contribution in [0.2, 0.25) is 0 Å². The van der Waals surface area contributed by atoms with Crippen molar-refractivity contribution >= 4 is 0 Å². The van der Waals surface area contributed by atoms with Crippen LogP contribution in [0.4, 0.5) is 0 Å². The minimum atomic E-state index is 0.332. The molecule has 0 fully saturated rings. The molecule has 0 saturated heterocycles. The lowest BCUT2D eigenvalue weighted by molar-refractivity contribution is 0.569. The molecule has 2 aromatic heterocycles. The highest BCUT2D eigenvalue weighted by molar-refractivity contribution is 5.31. The minimum Gasteiger partial charge on any atom is -0.310 e. The fourth-order valence-electron chi connectivity index (χ4n) is 2.16. The summed E-state index contributed by atoms with van der Waals surface area (Å²) < 4.78 is 1.89. The quantitative estimate of drug-likeness (QED) is 0.896. The van der Waals surface area contributed by atoms with Gasteiger partial charge in [-0.2, -0.15) is 5.10 Å². The van der Waals surface area contributed by atoms with E-state index in [2.05, 4.69) is 47.4 Å². The van der Waals surface area contributed by atoms with Gasteiger partial charge in [0, 0.05) is 17.9 Å². The monoisotopic (exact) mass is 258 g/mol. The zero-order chi connectivity index (χ0) is 13.8. The second-order valence-electron chi connectivity index (χ2n) is 4.96. The van der Waals surface area contributed by atoms with Crippen LogP contribution in [0.5, 0.6) is 0 Å². The van der Waals surface area contributed by atoms with Crippen LogP contribution in [0, 0.1) is 13.8 Å². The van der Waals surface area contributed by atoms with Gasteiger partial charge in [0.2, 0.25) is 0 Å². The molecule has 0 radical (unpaired) electrons. The van der Waals surface area contributed by atoms with Crippen LogP contribution in [0.3, 0.4) is 0 Å². The normalized spacial score (nSPS) is 12.6. The van der Waals surface area contributed by atoms with E-state index in [4.69, 9.17) is 0 Å². The Morgan fingerprint density at radius 2 is 2.11 bits per heavy atom. The first-order chi connectivity index (χ1) is 9.11. The molecule has 2 aromatic rings. The summed E-state index contributed by atoms with van der Waals surface area (Å²) in [5, 5.41) is 7.97. The fourth-order valence-corrected chi connectivity index (χ4v) is 2.16. The Bertz CT molecular complexity index is 545. The van der Waals surface area contributed by atoms with Crippen molar-refractivity contribution in [1.29, 1.82) is 0 Å². The van der Waals surface area contributed by atoms with Crippen LogP contribution in [0.25, 0.3) is 5.82 Å². The van der Waals surface area contributed by atoms with Crippen molar-refractivity contribution in [3.05, 3.63) is 41.3 Å². The first kappa shape index (κ1) is 13.7. The molecule has 1 N–H and O–H groups in total. The van der Waals surface area contributed by atoms with Crippen molar-refractivity contribution < 1.29 is 0 Å². The number of aromatic nitrogens is 3. The summed E-state index contributed by atoms with van der Waals surface area (Å²) in [6.45, 7) is 9.42. The van der Waals surface area contributed by atoms with E-state index in [0.29, 0.717) is 6.04 Å². The Hall–Kier alpha value is -1.68. The van der Waals surface area contributed by atoms with Gasteiger partial charge in [-0.05, 0) is 57.5 Å². The summed E-state index contributed by atoms with van der Waals surface area (Å²) in [7, 11) is 0. The lowest BCUT2D eigenvalue weighted by atomic mass is 10.1. The van der Waals surface area contributed by atoms with Gasteiger partial charge in [0.1, 0.15) is 0 Å². The van der Waals surface area contributed by atoms with Crippen molar-refractivity contribution in [1.82, 2.24) is 20.1 Å². The third-order valence-electron chi connectivity index (χ3n) is 3.20. The molecular formula is C15H22N4. The highest BCUT2D eigenvalue weighted by atomic mass is 15.3. The topological polar surface area (TPSA) is 42.7 Å². The van der Waals surface area contributed by atoms with Crippen LogP contribution >= 0.6 is 0 Å². The Kier molecular flexibility index (Phi) is 4.32. The van der Waals surface area contributed by atoms with Crippen LogP contribution in [-0.4, -0.2) is 21.3 Å². The number of nitrogens with zero attached hydrogens (tertiary/aromatic N) is 3. The first-order valence-electron chi connectivity index (χ1n) is 6.84. The second-order valence-corrected chi connectivity index (χ2v) is 4.96. The molecule has 102 valence electrons. The maximum absolute atomic E-state index is 4.48. The van der Waals surface area contributed by atoms with E-state index in [1.165, 1.54) is 5.56 Å². The minimum absolute atomic E-state index is 0.332. The van der Waals surface area contributed by atoms with Gasteiger partial charge in [0.05, 0.1) is 5.69 Å². The highest BCUT2D eigenvalue weighted by Crippen LogP contribution is 2.16. The molecule has 0 aliphatic carbocycles. The van der Waals surface area contributed by atoms with E-state index in [-0.39, 0.29) is 0 Å². The van der Waals surface area contributed by atoms with E-state index in [1.54, 1.807) is 0 Å². The molecule has 0 amide bonds. The van der Waals surface area contributed by atoms with Crippen LogP contribution in [0.15, 0.2) is 24.4 Å². The number of hydrogen-bond acceptors (Lipinski definition) is 3. The van der Waals surface area contributed by atoms with Gasteiger partial charge in [-0.15, -0.1) is 0 Å². The summed E-state index contributed by atoms with van der Waals surface area (Å²) >= 11 is 0. The molecule has 0 aliphatic rings. The van der Waals surface area contributed by atoms with Crippen LogP contribution in [-0.2, 0) is 0 Å². The Labute approximate surface area is 114 Å². The van der Waals surface area contributed by atoms with Gasteiger partial charge in [-0.25, -0.2) is 9.67 Å². The average molecular weight is 258 g/mol. The highest BCUT2D eigenvalue weighted by Gasteiger charge is 2.09. The number of pyridine rings is 1. The molecule has 4 nitrogen and oxygen atoms in total. The van der Waals surface area contributed by atoms with Gasteiger partial charge in [-0.3, -0.25) is 0 Å². The number of hydrogen-bond donors (Lipinski definition) is 1. The fraction of sp³-hybridized carbons (Fsp3) is 0.467. The second kappa shape index (κ2) is 5.97. The van der Waals surface area contributed by atoms with Crippen molar-refractivity contribution in [2.24, 2.45) is 0 Å². The molecule has 2 rings (SSSR count). The largest absolute Gasteiger partial charge is 0.310 e.